The Hall–Kier alpha value is -3.65. The molecule has 14 heteroatoms. The van der Waals surface area contributed by atoms with Crippen LogP contribution < -0.4 is 20.5 Å². The van der Waals surface area contributed by atoms with Crippen molar-refractivity contribution in [3.63, 3.8) is 0 Å². The third kappa shape index (κ3) is 4.79. The van der Waals surface area contributed by atoms with Gasteiger partial charge in [0.15, 0.2) is 17.3 Å². The number of carbonyl (C=O) groups is 2. The van der Waals surface area contributed by atoms with Crippen LogP contribution >= 0.6 is 11.5 Å². The maximum Gasteiger partial charge on any atom is 0.341 e. The van der Waals surface area contributed by atoms with Gasteiger partial charge in [-0.25, -0.2) is 14.2 Å². The van der Waals surface area contributed by atoms with E-state index in [9.17, 15) is 19.5 Å². The van der Waals surface area contributed by atoms with Gasteiger partial charge in [-0.2, -0.15) is 9.36 Å². The van der Waals surface area contributed by atoms with E-state index in [0.29, 0.717) is 25.7 Å². The number of amides is 1. The van der Waals surface area contributed by atoms with Gasteiger partial charge < -0.3 is 25.0 Å². The second kappa shape index (κ2) is 9.92. The molecular formula is C21H24FN7O5S. The zero-order chi connectivity index (χ0) is 25.3. The first kappa shape index (κ1) is 24.5. The predicted octanol–water partition coefficient (Wildman–Crippen LogP) is 0.729. The average Bonchev–Trinajstić information content (AvgIpc) is 3.27. The van der Waals surface area contributed by atoms with Crippen molar-refractivity contribution in [1.82, 2.24) is 24.2 Å². The maximum atomic E-state index is 15.0. The molecule has 186 valence electrons. The lowest BCUT2D eigenvalue weighted by molar-refractivity contribution is -0.125. The predicted molar refractivity (Wildman–Crippen MR) is 127 cm³/mol. The summed E-state index contributed by atoms with van der Waals surface area (Å²) in [5.41, 5.74) is -1.35. The van der Waals surface area contributed by atoms with E-state index in [4.69, 9.17) is 4.74 Å². The molecule has 3 aromatic heterocycles. The molecule has 1 aliphatic heterocycles. The van der Waals surface area contributed by atoms with E-state index in [2.05, 4.69) is 19.7 Å². The van der Waals surface area contributed by atoms with Crippen molar-refractivity contribution in [2.24, 2.45) is 5.92 Å². The SMILES string of the molecule is CCOCCNC(=O)C1CN(c2nc3c(cc2F)c(=O)c(C(=O)O)cn3-c2nc(N(C)C)ns2)C1. The summed E-state index contributed by atoms with van der Waals surface area (Å²) in [6, 6.07) is 0.978. The standard InChI is InChI=1S/C21H24FN7O5S/c1-4-34-6-5-23-18(31)11-8-28(9-11)17-14(22)7-12-15(30)13(19(32)33)10-29(16(12)24-17)21-25-20(26-35-21)27(2)3/h7,10-11H,4-6,8-9H2,1-3H3,(H,23,31)(H,32,33). The Bertz CT molecular complexity index is 1340. The van der Waals surface area contributed by atoms with Gasteiger partial charge in [0.05, 0.1) is 17.9 Å². The lowest BCUT2D eigenvalue weighted by atomic mass is 9.99. The molecule has 0 radical (unpaired) electrons. The van der Waals surface area contributed by atoms with Crippen LogP contribution in [0, 0.1) is 11.7 Å². The van der Waals surface area contributed by atoms with Gasteiger partial charge in [0.1, 0.15) is 5.56 Å². The topological polar surface area (TPSA) is 143 Å². The summed E-state index contributed by atoms with van der Waals surface area (Å²) in [6.45, 7) is 3.72. The molecule has 3 aromatic rings. The van der Waals surface area contributed by atoms with Crippen LogP contribution in [0.5, 0.6) is 0 Å². The molecule has 2 N–H and O–H groups in total. The minimum absolute atomic E-state index is 0.0376. The quantitative estimate of drug-likeness (QED) is 0.400. The number of hydrogen-bond donors (Lipinski definition) is 2. The fourth-order valence-electron chi connectivity index (χ4n) is 3.57. The number of halogens is 1. The van der Waals surface area contributed by atoms with E-state index in [1.165, 1.54) is 4.57 Å². The first-order valence-corrected chi connectivity index (χ1v) is 11.6. The molecule has 1 amide bonds. The minimum atomic E-state index is -1.45. The Morgan fingerprint density at radius 2 is 2.09 bits per heavy atom. The highest BCUT2D eigenvalue weighted by atomic mass is 32.1. The molecule has 1 aliphatic rings. The number of rotatable bonds is 9. The van der Waals surface area contributed by atoms with Crippen molar-refractivity contribution in [3.05, 3.63) is 33.9 Å². The van der Waals surface area contributed by atoms with Gasteiger partial charge in [-0.15, -0.1) is 0 Å². The number of aromatic carboxylic acids is 1. The largest absolute Gasteiger partial charge is 0.477 e. The van der Waals surface area contributed by atoms with Crippen LogP contribution in [0.25, 0.3) is 16.2 Å². The average molecular weight is 506 g/mol. The number of hydrogen-bond acceptors (Lipinski definition) is 10. The van der Waals surface area contributed by atoms with E-state index in [1.807, 2.05) is 6.92 Å². The zero-order valence-electron chi connectivity index (χ0n) is 19.3. The molecule has 4 rings (SSSR count). The monoisotopic (exact) mass is 505 g/mol. The Morgan fingerprint density at radius 1 is 1.34 bits per heavy atom. The molecule has 12 nitrogen and oxygen atoms in total. The lowest BCUT2D eigenvalue weighted by Crippen LogP contribution is -2.54. The van der Waals surface area contributed by atoms with Crippen molar-refractivity contribution in [1.29, 1.82) is 0 Å². The van der Waals surface area contributed by atoms with Crippen LogP contribution in [0.2, 0.25) is 0 Å². The van der Waals surface area contributed by atoms with Crippen LogP contribution in [-0.2, 0) is 9.53 Å². The molecule has 0 unspecified atom stereocenters. The second-order valence-corrected chi connectivity index (χ2v) is 8.80. The number of carboxylic acids is 1. The first-order chi connectivity index (χ1) is 16.7. The molecule has 1 fully saturated rings. The summed E-state index contributed by atoms with van der Waals surface area (Å²) in [5, 5.41) is 12.3. The number of anilines is 2. The minimum Gasteiger partial charge on any atom is -0.477 e. The Morgan fingerprint density at radius 3 is 2.71 bits per heavy atom. The highest BCUT2D eigenvalue weighted by Gasteiger charge is 2.35. The smallest absolute Gasteiger partial charge is 0.341 e. The Balaban J connectivity index is 1.68. The third-order valence-corrected chi connectivity index (χ3v) is 6.16. The van der Waals surface area contributed by atoms with Crippen molar-refractivity contribution in [2.45, 2.75) is 6.92 Å². The van der Waals surface area contributed by atoms with E-state index >= 15 is 4.39 Å². The van der Waals surface area contributed by atoms with E-state index < -0.39 is 22.8 Å². The molecule has 0 atom stereocenters. The molecule has 4 heterocycles. The van der Waals surface area contributed by atoms with Crippen LogP contribution in [0.1, 0.15) is 17.3 Å². The summed E-state index contributed by atoms with van der Waals surface area (Å²) in [4.78, 5) is 48.7. The number of nitrogens with zero attached hydrogens (tertiary/aromatic N) is 6. The number of ether oxygens (including phenoxy) is 1. The number of fused-ring (bicyclic) bond motifs is 1. The Kier molecular flexibility index (Phi) is 6.93. The summed E-state index contributed by atoms with van der Waals surface area (Å²) in [7, 11) is 3.49. The van der Waals surface area contributed by atoms with Gasteiger partial charge in [-0.3, -0.25) is 14.2 Å². The van der Waals surface area contributed by atoms with Crippen molar-refractivity contribution in [2.75, 3.05) is 56.7 Å². The van der Waals surface area contributed by atoms with Gasteiger partial charge in [-0.05, 0) is 13.0 Å². The number of aromatic nitrogens is 4. The fraction of sp³-hybridized carbons (Fsp3) is 0.429. The molecule has 0 aromatic carbocycles. The normalized spacial score (nSPS) is 13.7. The van der Waals surface area contributed by atoms with Gasteiger partial charge in [0.25, 0.3) is 0 Å². The highest BCUT2D eigenvalue weighted by molar-refractivity contribution is 7.08. The molecular weight excluding hydrogens is 481 g/mol. The first-order valence-electron chi connectivity index (χ1n) is 10.8. The molecule has 0 aliphatic carbocycles. The Labute approximate surface area is 203 Å². The lowest BCUT2D eigenvalue weighted by Gasteiger charge is -2.39. The molecule has 1 saturated heterocycles. The van der Waals surface area contributed by atoms with Crippen LogP contribution in [-0.4, -0.2) is 82.8 Å². The summed E-state index contributed by atoms with van der Waals surface area (Å²) in [6.07, 6.45) is 1.12. The molecule has 0 bridgehead atoms. The van der Waals surface area contributed by atoms with Crippen LogP contribution in [0.3, 0.4) is 0 Å². The van der Waals surface area contributed by atoms with E-state index in [-0.39, 0.29) is 46.9 Å². The van der Waals surface area contributed by atoms with Gasteiger partial charge in [-0.1, -0.05) is 0 Å². The van der Waals surface area contributed by atoms with Crippen LogP contribution in [0.4, 0.5) is 16.2 Å². The third-order valence-electron chi connectivity index (χ3n) is 5.46. The number of carboxylic acid groups (broad SMARTS) is 1. The molecule has 0 saturated carbocycles. The van der Waals surface area contributed by atoms with Crippen LogP contribution in [0.15, 0.2) is 17.1 Å². The number of nitrogens with one attached hydrogen (secondary N) is 1. The summed E-state index contributed by atoms with van der Waals surface area (Å²) >= 11 is 0.980. The van der Waals surface area contributed by atoms with Crippen molar-refractivity contribution in [3.8, 4) is 5.13 Å². The highest BCUT2D eigenvalue weighted by Crippen LogP contribution is 2.29. The fourth-order valence-corrected chi connectivity index (χ4v) is 4.29. The maximum absolute atomic E-state index is 15.0. The number of pyridine rings is 2. The number of carbonyl (C=O) groups excluding carboxylic acids is 1. The van der Waals surface area contributed by atoms with Gasteiger partial charge in [0.2, 0.25) is 22.4 Å². The van der Waals surface area contributed by atoms with E-state index in [1.54, 1.807) is 23.9 Å². The van der Waals surface area contributed by atoms with Crippen molar-refractivity contribution >= 4 is 46.2 Å². The van der Waals surface area contributed by atoms with Gasteiger partial charge in [0, 0.05) is 58.1 Å². The molecule has 35 heavy (non-hydrogen) atoms. The summed E-state index contributed by atoms with van der Waals surface area (Å²) in [5.74, 6) is -2.38. The van der Waals surface area contributed by atoms with Gasteiger partial charge >= 0.3 is 5.97 Å². The second-order valence-electron chi connectivity index (χ2n) is 8.07. The summed E-state index contributed by atoms with van der Waals surface area (Å²) < 4.78 is 25.7. The zero-order valence-corrected chi connectivity index (χ0v) is 20.1. The van der Waals surface area contributed by atoms with Crippen molar-refractivity contribution < 1.29 is 23.8 Å². The van der Waals surface area contributed by atoms with E-state index in [0.717, 1.165) is 23.8 Å². The molecule has 0 spiro atoms.